The van der Waals surface area contributed by atoms with Gasteiger partial charge in [0.1, 0.15) is 0 Å². The van der Waals surface area contributed by atoms with Crippen LogP contribution in [-0.4, -0.2) is 64.1 Å². The van der Waals surface area contributed by atoms with Crippen molar-refractivity contribution in [3.63, 3.8) is 0 Å². The predicted octanol–water partition coefficient (Wildman–Crippen LogP) is -0.330. The Kier molecular flexibility index (Phi) is 7.13. The number of nitrogens with zero attached hydrogens (tertiary/aromatic N) is 1. The minimum absolute atomic E-state index is 0.131. The number of sulfone groups is 1. The fourth-order valence-corrected chi connectivity index (χ4v) is 1.89. The number of carbonyl (C=O) groups is 1. The standard InChI is InChI=1S/C10H23N3O3S/c1-9(2)17(15,16)8-7-11-5-6-12-10(14)13(3)4/h9,11H,5-8H2,1-4H3,(H,12,14). The Morgan fingerprint density at radius 3 is 2.24 bits per heavy atom. The van der Waals surface area contributed by atoms with Gasteiger partial charge in [0.2, 0.25) is 0 Å². The Morgan fingerprint density at radius 2 is 1.76 bits per heavy atom. The third-order valence-electron chi connectivity index (χ3n) is 2.27. The van der Waals surface area contributed by atoms with Crippen molar-refractivity contribution < 1.29 is 13.2 Å². The Hall–Kier alpha value is -0.820. The largest absolute Gasteiger partial charge is 0.337 e. The molecule has 0 heterocycles. The van der Waals surface area contributed by atoms with Crippen molar-refractivity contribution >= 4 is 15.9 Å². The smallest absolute Gasteiger partial charge is 0.316 e. The zero-order valence-corrected chi connectivity index (χ0v) is 11.8. The maximum Gasteiger partial charge on any atom is 0.316 e. The van der Waals surface area contributed by atoms with E-state index in [1.165, 1.54) is 4.90 Å². The van der Waals surface area contributed by atoms with E-state index >= 15 is 0 Å². The summed E-state index contributed by atoms with van der Waals surface area (Å²) in [6.07, 6.45) is 0. The summed E-state index contributed by atoms with van der Waals surface area (Å²) in [6, 6.07) is -0.151. The SMILES string of the molecule is CC(C)S(=O)(=O)CCNCCNC(=O)N(C)C. The number of hydrogen-bond acceptors (Lipinski definition) is 4. The Morgan fingerprint density at radius 1 is 1.18 bits per heavy atom. The summed E-state index contributed by atoms with van der Waals surface area (Å²) in [6.45, 7) is 4.81. The van der Waals surface area contributed by atoms with Gasteiger partial charge in [0, 0.05) is 33.7 Å². The highest BCUT2D eigenvalue weighted by molar-refractivity contribution is 7.92. The number of rotatable bonds is 7. The summed E-state index contributed by atoms with van der Waals surface area (Å²) in [4.78, 5) is 12.6. The first-order chi connectivity index (χ1) is 7.77. The molecule has 0 bridgehead atoms. The van der Waals surface area contributed by atoms with Gasteiger partial charge in [0.25, 0.3) is 0 Å². The highest BCUT2D eigenvalue weighted by Gasteiger charge is 2.14. The summed E-state index contributed by atoms with van der Waals surface area (Å²) in [5.41, 5.74) is 0. The molecule has 0 aromatic heterocycles. The van der Waals surface area contributed by atoms with Crippen LogP contribution in [0, 0.1) is 0 Å². The molecule has 0 aromatic rings. The van der Waals surface area contributed by atoms with Crippen LogP contribution in [0.15, 0.2) is 0 Å². The van der Waals surface area contributed by atoms with Gasteiger partial charge in [-0.25, -0.2) is 13.2 Å². The zero-order chi connectivity index (χ0) is 13.5. The molecule has 0 aliphatic carbocycles. The quantitative estimate of drug-likeness (QED) is 0.618. The van der Waals surface area contributed by atoms with Gasteiger partial charge in [-0.2, -0.15) is 0 Å². The van der Waals surface area contributed by atoms with Gasteiger partial charge >= 0.3 is 6.03 Å². The number of nitrogens with one attached hydrogen (secondary N) is 2. The van der Waals surface area contributed by atoms with Crippen LogP contribution < -0.4 is 10.6 Å². The highest BCUT2D eigenvalue weighted by Crippen LogP contribution is 1.98. The number of carbonyl (C=O) groups excluding carboxylic acids is 1. The fraction of sp³-hybridized carbons (Fsp3) is 0.900. The molecule has 0 aromatic carbocycles. The molecular formula is C10H23N3O3S. The van der Waals surface area contributed by atoms with Crippen molar-refractivity contribution in [2.45, 2.75) is 19.1 Å². The average Bonchev–Trinajstić information content (AvgIpc) is 2.22. The Balaban J connectivity index is 3.58. The van der Waals surface area contributed by atoms with Gasteiger partial charge in [-0.15, -0.1) is 0 Å². The summed E-state index contributed by atoms with van der Waals surface area (Å²) in [5.74, 6) is 0.131. The first-order valence-corrected chi connectivity index (χ1v) is 7.36. The van der Waals surface area contributed by atoms with Crippen molar-refractivity contribution in [3.8, 4) is 0 Å². The van der Waals surface area contributed by atoms with Crippen molar-refractivity contribution in [1.82, 2.24) is 15.5 Å². The van der Waals surface area contributed by atoms with Gasteiger partial charge in [-0.05, 0) is 13.8 Å². The molecule has 0 spiro atoms. The molecule has 0 aliphatic rings. The average molecular weight is 265 g/mol. The lowest BCUT2D eigenvalue weighted by Crippen LogP contribution is -2.39. The molecule has 0 fully saturated rings. The van der Waals surface area contributed by atoms with Crippen molar-refractivity contribution in [3.05, 3.63) is 0 Å². The molecule has 0 aliphatic heterocycles. The minimum atomic E-state index is -2.97. The minimum Gasteiger partial charge on any atom is -0.337 e. The maximum atomic E-state index is 11.4. The van der Waals surface area contributed by atoms with Crippen LogP contribution in [-0.2, 0) is 9.84 Å². The molecule has 7 heteroatoms. The number of hydrogen-bond donors (Lipinski definition) is 2. The fourth-order valence-electron chi connectivity index (χ4n) is 0.991. The zero-order valence-electron chi connectivity index (χ0n) is 11.0. The van der Waals surface area contributed by atoms with Gasteiger partial charge in [0.15, 0.2) is 9.84 Å². The van der Waals surface area contributed by atoms with E-state index in [1.54, 1.807) is 27.9 Å². The van der Waals surface area contributed by atoms with Crippen LogP contribution in [0.4, 0.5) is 4.79 Å². The van der Waals surface area contributed by atoms with Crippen LogP contribution in [0.3, 0.4) is 0 Å². The molecule has 0 unspecified atom stereocenters. The summed E-state index contributed by atoms with van der Waals surface area (Å²) in [5, 5.41) is 5.32. The van der Waals surface area contributed by atoms with E-state index < -0.39 is 9.84 Å². The van der Waals surface area contributed by atoms with E-state index in [9.17, 15) is 13.2 Å². The molecular weight excluding hydrogens is 242 g/mol. The van der Waals surface area contributed by atoms with Crippen molar-refractivity contribution in [2.24, 2.45) is 0 Å². The molecule has 0 radical (unpaired) electrons. The summed E-state index contributed by atoms with van der Waals surface area (Å²) < 4.78 is 22.9. The monoisotopic (exact) mass is 265 g/mol. The van der Waals surface area contributed by atoms with Crippen LogP contribution >= 0.6 is 0 Å². The molecule has 2 amide bonds. The molecule has 0 atom stereocenters. The molecule has 0 saturated heterocycles. The van der Waals surface area contributed by atoms with Crippen LogP contribution in [0.25, 0.3) is 0 Å². The van der Waals surface area contributed by atoms with E-state index in [0.29, 0.717) is 19.6 Å². The van der Waals surface area contributed by atoms with Gasteiger partial charge in [-0.1, -0.05) is 0 Å². The van der Waals surface area contributed by atoms with E-state index in [0.717, 1.165) is 0 Å². The molecule has 17 heavy (non-hydrogen) atoms. The van der Waals surface area contributed by atoms with E-state index in [2.05, 4.69) is 10.6 Å². The van der Waals surface area contributed by atoms with Gasteiger partial charge in [-0.3, -0.25) is 0 Å². The van der Waals surface area contributed by atoms with Crippen LogP contribution in [0.5, 0.6) is 0 Å². The Labute approximate surface area is 104 Å². The topological polar surface area (TPSA) is 78.5 Å². The lowest BCUT2D eigenvalue weighted by molar-refractivity contribution is 0.217. The lowest BCUT2D eigenvalue weighted by Gasteiger charge is -2.12. The molecule has 6 nitrogen and oxygen atoms in total. The number of amides is 2. The van der Waals surface area contributed by atoms with E-state index in [4.69, 9.17) is 0 Å². The second-order valence-electron chi connectivity index (χ2n) is 4.29. The summed E-state index contributed by atoms with van der Waals surface area (Å²) in [7, 11) is 0.356. The second-order valence-corrected chi connectivity index (χ2v) is 6.97. The van der Waals surface area contributed by atoms with Crippen LogP contribution in [0.1, 0.15) is 13.8 Å². The first kappa shape index (κ1) is 16.2. The van der Waals surface area contributed by atoms with E-state index in [1.807, 2.05) is 0 Å². The third kappa shape index (κ3) is 7.17. The number of urea groups is 1. The predicted molar refractivity (Wildman–Crippen MR) is 68.9 cm³/mol. The molecule has 102 valence electrons. The molecule has 0 rings (SSSR count). The highest BCUT2D eigenvalue weighted by atomic mass is 32.2. The summed E-state index contributed by atoms with van der Waals surface area (Å²) >= 11 is 0. The normalized spacial score (nSPS) is 11.6. The maximum absolute atomic E-state index is 11.4. The van der Waals surface area contributed by atoms with Crippen molar-refractivity contribution in [1.29, 1.82) is 0 Å². The molecule has 2 N–H and O–H groups in total. The van der Waals surface area contributed by atoms with Crippen molar-refractivity contribution in [2.75, 3.05) is 39.5 Å². The Bertz CT molecular complexity index is 326. The van der Waals surface area contributed by atoms with Gasteiger partial charge in [0.05, 0.1) is 11.0 Å². The first-order valence-electron chi connectivity index (χ1n) is 5.65. The van der Waals surface area contributed by atoms with E-state index in [-0.39, 0.29) is 17.0 Å². The third-order valence-corrected chi connectivity index (χ3v) is 4.48. The lowest BCUT2D eigenvalue weighted by atomic mass is 10.6. The van der Waals surface area contributed by atoms with Gasteiger partial charge < -0.3 is 15.5 Å². The molecule has 0 saturated carbocycles. The van der Waals surface area contributed by atoms with Crippen LogP contribution in [0.2, 0.25) is 0 Å². The second kappa shape index (κ2) is 7.50.